The molecule has 1 aromatic heterocycles. The van der Waals surface area contributed by atoms with Crippen LogP contribution in [0, 0.1) is 13.8 Å². The average Bonchev–Trinajstić information content (AvgIpc) is 2.59. The van der Waals surface area contributed by atoms with Gasteiger partial charge in [-0.2, -0.15) is 0 Å². The van der Waals surface area contributed by atoms with Crippen molar-refractivity contribution < 1.29 is 9.59 Å². The first-order valence-corrected chi connectivity index (χ1v) is 8.45. The second-order valence-corrected chi connectivity index (χ2v) is 6.27. The molecule has 1 heterocycles. The molecule has 9 heteroatoms. The molecule has 2 aromatic rings. The molecule has 0 saturated carbocycles. The van der Waals surface area contributed by atoms with E-state index in [1.807, 2.05) is 6.92 Å². The lowest BCUT2D eigenvalue weighted by Crippen LogP contribution is -2.33. The number of nitrogens with zero attached hydrogens (tertiary/aromatic N) is 2. The van der Waals surface area contributed by atoms with E-state index in [1.54, 1.807) is 39.2 Å². The lowest BCUT2D eigenvalue weighted by molar-refractivity contribution is 0.0827. The molecule has 2 rings (SSSR count). The third kappa shape index (κ3) is 5.84. The number of H-pyrrole nitrogens is 1. The van der Waals surface area contributed by atoms with Crippen LogP contribution in [0.4, 0.5) is 16.4 Å². The summed E-state index contributed by atoms with van der Waals surface area (Å²) in [5, 5.41) is 8.39. The molecule has 9 nitrogen and oxygen atoms in total. The number of hydrogen-bond acceptors (Lipinski definition) is 5. The number of aromatic amines is 1. The molecule has 0 aliphatic heterocycles. The molecule has 0 spiro atoms. The van der Waals surface area contributed by atoms with Crippen LogP contribution in [-0.2, 0) is 0 Å². The number of carbonyl (C=O) groups is 2. The Morgan fingerprint density at radius 1 is 1.15 bits per heavy atom. The number of aromatic nitrogens is 2. The minimum absolute atomic E-state index is 0.0945. The van der Waals surface area contributed by atoms with Gasteiger partial charge in [0, 0.05) is 50.2 Å². The van der Waals surface area contributed by atoms with Gasteiger partial charge >= 0.3 is 6.03 Å². The van der Waals surface area contributed by atoms with Gasteiger partial charge < -0.3 is 20.9 Å². The standard InChI is InChI=1S/C18H24N6O3/c1-11-9-13(16(26)24(3)4)5-6-14(11)22-18(27)20-8-7-19-17-21-12(2)10-15(25)23-17/h5-6,9-10H,7-8H2,1-4H3,(H2,20,22,27)(H2,19,21,23,25). The van der Waals surface area contributed by atoms with E-state index in [2.05, 4.69) is 25.9 Å². The van der Waals surface area contributed by atoms with Gasteiger partial charge in [0.1, 0.15) is 0 Å². The highest BCUT2D eigenvalue weighted by Gasteiger charge is 2.10. The maximum absolute atomic E-state index is 12.0. The number of anilines is 2. The number of rotatable bonds is 6. The van der Waals surface area contributed by atoms with Gasteiger partial charge in [0.15, 0.2) is 0 Å². The van der Waals surface area contributed by atoms with Crippen LogP contribution in [-0.4, -0.2) is 54.0 Å². The predicted molar refractivity (Wildman–Crippen MR) is 104 cm³/mol. The normalized spacial score (nSPS) is 10.2. The quantitative estimate of drug-likeness (QED) is 0.570. The molecule has 4 N–H and O–H groups in total. The monoisotopic (exact) mass is 372 g/mol. The summed E-state index contributed by atoms with van der Waals surface area (Å²) in [6.07, 6.45) is 0. The van der Waals surface area contributed by atoms with E-state index >= 15 is 0 Å². The molecule has 27 heavy (non-hydrogen) atoms. The number of carbonyl (C=O) groups excluding carboxylic acids is 2. The second kappa shape index (κ2) is 8.84. The van der Waals surface area contributed by atoms with Crippen molar-refractivity contribution in [1.82, 2.24) is 20.2 Å². The van der Waals surface area contributed by atoms with E-state index < -0.39 is 0 Å². The first kappa shape index (κ1) is 20.0. The van der Waals surface area contributed by atoms with Crippen LogP contribution < -0.4 is 21.5 Å². The molecule has 0 bridgehead atoms. The van der Waals surface area contributed by atoms with Crippen LogP contribution in [0.25, 0.3) is 0 Å². The van der Waals surface area contributed by atoms with E-state index in [-0.39, 0.29) is 17.5 Å². The Bertz CT molecular complexity index is 891. The van der Waals surface area contributed by atoms with Gasteiger partial charge in [0.25, 0.3) is 11.5 Å². The van der Waals surface area contributed by atoms with Gasteiger partial charge in [-0.3, -0.25) is 14.6 Å². The van der Waals surface area contributed by atoms with Crippen LogP contribution in [0.2, 0.25) is 0 Å². The zero-order chi connectivity index (χ0) is 20.0. The van der Waals surface area contributed by atoms with Gasteiger partial charge in [-0.25, -0.2) is 9.78 Å². The number of hydrogen-bond donors (Lipinski definition) is 4. The number of benzene rings is 1. The van der Waals surface area contributed by atoms with Gasteiger partial charge in [-0.1, -0.05) is 0 Å². The first-order valence-electron chi connectivity index (χ1n) is 8.45. The van der Waals surface area contributed by atoms with Crippen molar-refractivity contribution in [2.24, 2.45) is 0 Å². The molecule has 0 atom stereocenters. The Morgan fingerprint density at radius 2 is 1.89 bits per heavy atom. The Morgan fingerprint density at radius 3 is 2.52 bits per heavy atom. The molecular weight excluding hydrogens is 348 g/mol. The fourth-order valence-corrected chi connectivity index (χ4v) is 2.38. The fraction of sp³-hybridized carbons (Fsp3) is 0.333. The first-order chi connectivity index (χ1) is 12.8. The number of urea groups is 1. The largest absolute Gasteiger partial charge is 0.354 e. The van der Waals surface area contributed by atoms with Crippen LogP contribution in [0.5, 0.6) is 0 Å². The number of aryl methyl sites for hydroxylation is 2. The average molecular weight is 372 g/mol. The molecular formula is C18H24N6O3. The zero-order valence-electron chi connectivity index (χ0n) is 15.8. The summed E-state index contributed by atoms with van der Waals surface area (Å²) in [5.74, 6) is 0.266. The molecule has 0 saturated heterocycles. The van der Waals surface area contributed by atoms with Crippen LogP contribution >= 0.6 is 0 Å². The third-order valence-corrected chi connectivity index (χ3v) is 3.70. The molecule has 144 valence electrons. The minimum Gasteiger partial charge on any atom is -0.354 e. The minimum atomic E-state index is -0.364. The van der Waals surface area contributed by atoms with E-state index in [0.29, 0.717) is 36.0 Å². The molecule has 0 aliphatic carbocycles. The van der Waals surface area contributed by atoms with Crippen molar-refractivity contribution in [3.05, 3.63) is 51.4 Å². The highest BCUT2D eigenvalue weighted by Crippen LogP contribution is 2.17. The topological polar surface area (TPSA) is 119 Å². The Kier molecular flexibility index (Phi) is 6.53. The summed E-state index contributed by atoms with van der Waals surface area (Å²) in [7, 11) is 3.38. The van der Waals surface area contributed by atoms with E-state index in [1.165, 1.54) is 11.0 Å². The zero-order valence-corrected chi connectivity index (χ0v) is 15.8. The molecule has 1 aromatic carbocycles. The number of amides is 3. The summed E-state index contributed by atoms with van der Waals surface area (Å²) in [6, 6.07) is 6.14. The lowest BCUT2D eigenvalue weighted by Gasteiger charge is -2.14. The van der Waals surface area contributed by atoms with E-state index in [9.17, 15) is 14.4 Å². The summed E-state index contributed by atoms with van der Waals surface area (Å²) in [5.41, 5.74) is 2.35. The highest BCUT2D eigenvalue weighted by molar-refractivity contribution is 5.96. The van der Waals surface area contributed by atoms with E-state index in [4.69, 9.17) is 0 Å². The lowest BCUT2D eigenvalue weighted by atomic mass is 10.1. The highest BCUT2D eigenvalue weighted by atomic mass is 16.2. The van der Waals surface area contributed by atoms with Gasteiger partial charge in [0.05, 0.1) is 0 Å². The maximum atomic E-state index is 12.0. The molecule has 0 aliphatic rings. The van der Waals surface area contributed by atoms with Gasteiger partial charge in [0.2, 0.25) is 5.95 Å². The van der Waals surface area contributed by atoms with Crippen molar-refractivity contribution in [3.63, 3.8) is 0 Å². The smallest absolute Gasteiger partial charge is 0.319 e. The molecule has 0 radical (unpaired) electrons. The van der Waals surface area contributed by atoms with Crippen molar-refractivity contribution in [2.45, 2.75) is 13.8 Å². The van der Waals surface area contributed by atoms with Gasteiger partial charge in [-0.05, 0) is 37.6 Å². The predicted octanol–water partition coefficient (Wildman–Crippen LogP) is 1.32. The fourth-order valence-electron chi connectivity index (χ4n) is 2.38. The summed E-state index contributed by atoms with van der Waals surface area (Å²) in [6.45, 7) is 4.28. The maximum Gasteiger partial charge on any atom is 0.319 e. The molecule has 3 amide bonds. The Labute approximate surface area is 157 Å². The van der Waals surface area contributed by atoms with Crippen molar-refractivity contribution in [3.8, 4) is 0 Å². The summed E-state index contributed by atoms with van der Waals surface area (Å²) in [4.78, 5) is 43.5. The van der Waals surface area contributed by atoms with Crippen molar-refractivity contribution in [1.29, 1.82) is 0 Å². The van der Waals surface area contributed by atoms with Crippen LogP contribution in [0.15, 0.2) is 29.1 Å². The number of nitrogens with one attached hydrogen (secondary N) is 4. The summed E-state index contributed by atoms with van der Waals surface area (Å²) >= 11 is 0. The summed E-state index contributed by atoms with van der Waals surface area (Å²) < 4.78 is 0. The molecule has 0 fully saturated rings. The van der Waals surface area contributed by atoms with Crippen LogP contribution in [0.1, 0.15) is 21.6 Å². The Balaban J connectivity index is 1.83. The van der Waals surface area contributed by atoms with Crippen molar-refractivity contribution >= 4 is 23.6 Å². The van der Waals surface area contributed by atoms with Gasteiger partial charge in [-0.15, -0.1) is 0 Å². The van der Waals surface area contributed by atoms with Crippen LogP contribution in [0.3, 0.4) is 0 Å². The third-order valence-electron chi connectivity index (χ3n) is 3.70. The van der Waals surface area contributed by atoms with E-state index in [0.717, 1.165) is 5.56 Å². The SMILES string of the molecule is Cc1cc(=O)[nH]c(NCCNC(=O)Nc2ccc(C(=O)N(C)C)cc2C)n1. The second-order valence-electron chi connectivity index (χ2n) is 6.27. The Hall–Kier alpha value is -3.36. The molecule has 0 unspecified atom stereocenters. The van der Waals surface area contributed by atoms with Crippen molar-refractivity contribution in [2.75, 3.05) is 37.8 Å².